The second-order valence-corrected chi connectivity index (χ2v) is 9.05. The molecule has 0 radical (unpaired) electrons. The highest BCUT2D eigenvalue weighted by atomic mass is 19.1. The van der Waals surface area contributed by atoms with Crippen LogP contribution in [-0.4, -0.2) is 39.4 Å². The molecule has 0 bridgehead atoms. The van der Waals surface area contributed by atoms with Crippen LogP contribution in [0.5, 0.6) is 0 Å². The molecular weight excluding hydrogens is 448 g/mol. The van der Waals surface area contributed by atoms with Crippen molar-refractivity contribution in [2.24, 2.45) is 18.0 Å². The number of fused-ring (bicyclic) bond motifs is 1. The number of allylic oxidation sites excluding steroid dienone is 1. The highest BCUT2D eigenvalue weighted by Crippen LogP contribution is 2.39. The molecule has 1 fully saturated rings. The lowest BCUT2D eigenvalue weighted by Gasteiger charge is -2.18. The number of aliphatic imine (C=N–C) groups is 1. The number of hydrogen-bond donors (Lipinski definition) is 0. The van der Waals surface area contributed by atoms with Gasteiger partial charge >= 0.3 is 0 Å². The SMILES string of the molecule is C=CC1CCN(C(=O)C2=C(C)C(c3cc(F)c4nn(C)cc4c3)C(c3ccc(C#N)c(F)c3)=N2)C1. The Labute approximate surface area is 201 Å². The van der Waals surface area contributed by atoms with Crippen LogP contribution in [0.3, 0.4) is 0 Å². The van der Waals surface area contributed by atoms with E-state index in [1.54, 1.807) is 31.1 Å². The Kier molecular flexibility index (Phi) is 5.56. The number of carbonyl (C=O) groups excluding carboxylic acids is 1. The maximum atomic E-state index is 15.0. The molecule has 6 nitrogen and oxygen atoms in total. The van der Waals surface area contributed by atoms with Crippen LogP contribution in [0.25, 0.3) is 10.9 Å². The van der Waals surface area contributed by atoms with Crippen molar-refractivity contribution in [3.63, 3.8) is 0 Å². The molecule has 176 valence electrons. The van der Waals surface area contributed by atoms with Crippen molar-refractivity contribution < 1.29 is 13.6 Å². The van der Waals surface area contributed by atoms with Crippen LogP contribution in [0.15, 0.2) is 65.4 Å². The Hall–Kier alpha value is -4.12. The maximum Gasteiger partial charge on any atom is 0.272 e. The molecule has 0 spiro atoms. The van der Waals surface area contributed by atoms with E-state index in [0.29, 0.717) is 40.9 Å². The molecule has 2 aromatic carbocycles. The zero-order valence-corrected chi connectivity index (χ0v) is 19.4. The summed E-state index contributed by atoms with van der Waals surface area (Å²) >= 11 is 0. The van der Waals surface area contributed by atoms with Gasteiger partial charge in [0.15, 0.2) is 5.82 Å². The van der Waals surface area contributed by atoms with E-state index in [4.69, 9.17) is 10.3 Å². The van der Waals surface area contributed by atoms with E-state index in [0.717, 1.165) is 6.42 Å². The Balaban J connectivity index is 1.64. The summed E-state index contributed by atoms with van der Waals surface area (Å²) < 4.78 is 31.1. The second kappa shape index (κ2) is 8.58. The molecule has 2 unspecified atom stereocenters. The average molecular weight is 472 g/mol. The van der Waals surface area contributed by atoms with Gasteiger partial charge in [-0.05, 0) is 60.2 Å². The second-order valence-electron chi connectivity index (χ2n) is 9.05. The number of hydrogen-bond acceptors (Lipinski definition) is 4. The lowest BCUT2D eigenvalue weighted by Crippen LogP contribution is -2.29. The van der Waals surface area contributed by atoms with Crippen LogP contribution >= 0.6 is 0 Å². The van der Waals surface area contributed by atoms with Crippen molar-refractivity contribution in [3.8, 4) is 6.07 Å². The van der Waals surface area contributed by atoms with E-state index in [9.17, 15) is 9.18 Å². The normalized spacial score (nSPS) is 19.9. The van der Waals surface area contributed by atoms with E-state index in [1.165, 1.54) is 22.9 Å². The monoisotopic (exact) mass is 471 g/mol. The van der Waals surface area contributed by atoms with Crippen LogP contribution in [0, 0.1) is 28.9 Å². The molecule has 3 heterocycles. The van der Waals surface area contributed by atoms with Gasteiger partial charge in [0.25, 0.3) is 5.91 Å². The number of nitriles is 1. The number of nitrogens with zero attached hydrogens (tertiary/aromatic N) is 5. The van der Waals surface area contributed by atoms with Crippen LogP contribution in [0.1, 0.15) is 36.0 Å². The highest BCUT2D eigenvalue weighted by molar-refractivity contribution is 6.14. The average Bonchev–Trinajstić information content (AvgIpc) is 3.55. The molecule has 1 amide bonds. The number of aromatic nitrogens is 2. The van der Waals surface area contributed by atoms with Crippen molar-refractivity contribution in [3.05, 3.63) is 88.8 Å². The Bertz CT molecular complexity index is 1490. The molecule has 5 rings (SSSR count). The van der Waals surface area contributed by atoms with Crippen molar-refractivity contribution in [2.45, 2.75) is 19.3 Å². The van der Waals surface area contributed by atoms with Gasteiger partial charge in [-0.3, -0.25) is 9.48 Å². The molecule has 1 aromatic heterocycles. The van der Waals surface area contributed by atoms with Crippen molar-refractivity contribution in [1.29, 1.82) is 5.26 Å². The molecule has 3 aromatic rings. The van der Waals surface area contributed by atoms with E-state index in [2.05, 4.69) is 11.7 Å². The minimum atomic E-state index is -0.675. The number of likely N-dealkylation sites (tertiary alicyclic amines) is 1. The summed E-state index contributed by atoms with van der Waals surface area (Å²) in [7, 11) is 1.72. The van der Waals surface area contributed by atoms with E-state index in [-0.39, 0.29) is 28.6 Å². The molecule has 0 N–H and O–H groups in total. The molecule has 8 heteroatoms. The third-order valence-electron chi connectivity index (χ3n) is 6.78. The van der Waals surface area contributed by atoms with Gasteiger partial charge in [-0.1, -0.05) is 12.1 Å². The van der Waals surface area contributed by atoms with Gasteiger partial charge in [0, 0.05) is 31.7 Å². The minimum absolute atomic E-state index is 0.0831. The van der Waals surface area contributed by atoms with Gasteiger partial charge in [0.1, 0.15) is 23.1 Å². The van der Waals surface area contributed by atoms with Crippen LogP contribution in [0.4, 0.5) is 8.78 Å². The zero-order chi connectivity index (χ0) is 24.9. The summed E-state index contributed by atoms with van der Waals surface area (Å²) in [4.78, 5) is 19.9. The van der Waals surface area contributed by atoms with Gasteiger partial charge in [-0.15, -0.1) is 6.58 Å². The fourth-order valence-corrected chi connectivity index (χ4v) is 4.95. The molecular formula is C27H23F2N5O. The fraction of sp³-hybridized carbons (Fsp3) is 0.259. The molecule has 2 aliphatic heterocycles. The smallest absolute Gasteiger partial charge is 0.272 e. The van der Waals surface area contributed by atoms with Gasteiger partial charge in [-0.2, -0.15) is 10.4 Å². The lowest BCUT2D eigenvalue weighted by atomic mass is 9.85. The standard InChI is InChI=1S/C27H23F2N5O/c1-4-16-7-8-34(13-16)27(35)24-15(2)23(19-9-20-14-33(3)32-25(20)22(29)11-19)26(31-24)17-5-6-18(12-30)21(28)10-17/h4-6,9-11,14,16,23H,1,7-8,13H2,2-3H3. The van der Waals surface area contributed by atoms with Crippen molar-refractivity contribution in [2.75, 3.05) is 13.1 Å². The number of aryl methyl sites for hydroxylation is 1. The fourth-order valence-electron chi connectivity index (χ4n) is 4.95. The lowest BCUT2D eigenvalue weighted by molar-refractivity contribution is -0.126. The predicted octanol–water partition coefficient (Wildman–Crippen LogP) is 4.62. The molecule has 2 aliphatic rings. The summed E-state index contributed by atoms with van der Waals surface area (Å²) in [6, 6.07) is 9.28. The number of amides is 1. The topological polar surface area (TPSA) is 74.3 Å². The van der Waals surface area contributed by atoms with Gasteiger partial charge in [0.2, 0.25) is 0 Å². The van der Waals surface area contributed by atoms with Crippen LogP contribution in [-0.2, 0) is 11.8 Å². The first-order valence-corrected chi connectivity index (χ1v) is 11.3. The van der Waals surface area contributed by atoms with E-state index >= 15 is 4.39 Å². The molecule has 0 aliphatic carbocycles. The number of rotatable bonds is 4. The molecule has 35 heavy (non-hydrogen) atoms. The molecule has 0 saturated carbocycles. The summed E-state index contributed by atoms with van der Waals surface area (Å²) in [5.41, 5.74) is 2.59. The maximum absolute atomic E-state index is 15.0. The van der Waals surface area contributed by atoms with Crippen molar-refractivity contribution in [1.82, 2.24) is 14.7 Å². The predicted molar refractivity (Wildman–Crippen MR) is 129 cm³/mol. The largest absolute Gasteiger partial charge is 0.337 e. The van der Waals surface area contributed by atoms with E-state index < -0.39 is 17.6 Å². The summed E-state index contributed by atoms with van der Waals surface area (Å²) in [5.74, 6) is -1.69. The number of carbonyl (C=O) groups is 1. The van der Waals surface area contributed by atoms with Crippen LogP contribution < -0.4 is 0 Å². The first kappa shape index (κ1) is 22.7. The van der Waals surface area contributed by atoms with Gasteiger partial charge < -0.3 is 4.90 Å². The third-order valence-corrected chi connectivity index (χ3v) is 6.78. The van der Waals surface area contributed by atoms with Crippen LogP contribution in [0.2, 0.25) is 0 Å². The summed E-state index contributed by atoms with van der Waals surface area (Å²) in [6.07, 6.45) is 4.41. The van der Waals surface area contributed by atoms with Crippen molar-refractivity contribution >= 4 is 22.5 Å². The number of halogens is 2. The first-order valence-electron chi connectivity index (χ1n) is 11.3. The van der Waals surface area contributed by atoms with Gasteiger partial charge in [0.05, 0.1) is 17.2 Å². The molecule has 2 atom stereocenters. The Morgan fingerprint density at radius 1 is 1.26 bits per heavy atom. The number of benzene rings is 2. The molecule has 1 saturated heterocycles. The van der Waals surface area contributed by atoms with E-state index in [1.807, 2.05) is 18.2 Å². The highest BCUT2D eigenvalue weighted by Gasteiger charge is 2.36. The minimum Gasteiger partial charge on any atom is -0.337 e. The Morgan fingerprint density at radius 2 is 2.06 bits per heavy atom. The third kappa shape index (κ3) is 3.83. The first-order chi connectivity index (χ1) is 16.8. The summed E-state index contributed by atoms with van der Waals surface area (Å²) in [5, 5.41) is 13.9. The Morgan fingerprint density at radius 3 is 2.74 bits per heavy atom. The van der Waals surface area contributed by atoms with Gasteiger partial charge in [-0.25, -0.2) is 13.8 Å². The summed E-state index contributed by atoms with van der Waals surface area (Å²) in [6.45, 7) is 6.80. The zero-order valence-electron chi connectivity index (χ0n) is 19.4. The quantitative estimate of drug-likeness (QED) is 0.521.